The van der Waals surface area contributed by atoms with E-state index in [9.17, 15) is 9.50 Å². The van der Waals surface area contributed by atoms with E-state index in [-0.39, 0.29) is 12.5 Å². The average Bonchev–Trinajstić information content (AvgIpc) is 3.01. The van der Waals surface area contributed by atoms with E-state index in [2.05, 4.69) is 25.3 Å². The molecule has 0 aliphatic heterocycles. The highest BCUT2D eigenvalue weighted by atomic mass is 19.1. The summed E-state index contributed by atoms with van der Waals surface area (Å²) < 4.78 is 15.0. The summed E-state index contributed by atoms with van der Waals surface area (Å²) in [4.78, 5) is 12.4. The third kappa shape index (κ3) is 2.47. The van der Waals surface area contributed by atoms with Crippen molar-refractivity contribution in [1.29, 1.82) is 0 Å². The number of aromatic nitrogens is 4. The normalized spacial score (nSPS) is 22.2. The van der Waals surface area contributed by atoms with E-state index in [4.69, 9.17) is 0 Å². The molecule has 2 aromatic heterocycles. The van der Waals surface area contributed by atoms with Gasteiger partial charge in [0.05, 0.1) is 12.4 Å². The molecule has 0 spiro atoms. The summed E-state index contributed by atoms with van der Waals surface area (Å²) >= 11 is 0. The van der Waals surface area contributed by atoms with Crippen molar-refractivity contribution >= 4 is 17.0 Å². The molecule has 1 aliphatic rings. The van der Waals surface area contributed by atoms with Crippen LogP contribution >= 0.6 is 0 Å². The van der Waals surface area contributed by atoms with Gasteiger partial charge in [0.2, 0.25) is 5.82 Å². The average molecular weight is 291 g/mol. The molecule has 0 amide bonds. The zero-order chi connectivity index (χ0) is 15.0. The number of allylic oxidation sites excluding steroid dienone is 1. The molecule has 8 nitrogen and oxygen atoms in total. The minimum atomic E-state index is -1.07. The van der Waals surface area contributed by atoms with Gasteiger partial charge in [0.25, 0.3) is 0 Å². The van der Waals surface area contributed by atoms with E-state index in [1.54, 1.807) is 25.0 Å². The maximum absolute atomic E-state index is 13.4. The molecule has 1 N–H and O–H groups in total. The Morgan fingerprint density at radius 3 is 2.86 bits per heavy atom. The number of halogens is 1. The zero-order valence-corrected chi connectivity index (χ0v) is 11.5. The number of hydrogen-bond acceptors (Lipinski definition) is 6. The Bertz CT molecular complexity index is 723. The number of aliphatic hydroxyl groups excluding tert-OH is 1. The first-order valence-corrected chi connectivity index (χ1v) is 6.38. The molecular weight excluding hydrogens is 277 g/mol. The third-order valence-corrected chi connectivity index (χ3v) is 3.15. The first kappa shape index (κ1) is 13.6. The van der Waals surface area contributed by atoms with Crippen molar-refractivity contribution in [2.75, 3.05) is 14.1 Å². The van der Waals surface area contributed by atoms with Crippen molar-refractivity contribution in [2.24, 2.45) is 10.3 Å². The topological polar surface area (TPSA) is 91.8 Å². The summed E-state index contributed by atoms with van der Waals surface area (Å²) in [6.07, 6.45) is 3.46. The predicted molar refractivity (Wildman–Crippen MR) is 72.4 cm³/mol. The fourth-order valence-corrected chi connectivity index (χ4v) is 2.19. The maximum Gasteiger partial charge on any atom is 0.207 e. The Morgan fingerprint density at radius 2 is 2.19 bits per heavy atom. The van der Waals surface area contributed by atoms with E-state index in [0.717, 1.165) is 0 Å². The van der Waals surface area contributed by atoms with E-state index < -0.39 is 11.9 Å². The van der Waals surface area contributed by atoms with E-state index >= 15 is 0 Å². The van der Waals surface area contributed by atoms with Crippen LogP contribution in [0.5, 0.6) is 0 Å². The molecule has 21 heavy (non-hydrogen) atoms. The monoisotopic (exact) mass is 291 g/mol. The lowest BCUT2D eigenvalue weighted by Crippen LogP contribution is -2.08. The fourth-order valence-electron chi connectivity index (χ4n) is 2.19. The highest BCUT2D eigenvalue weighted by Crippen LogP contribution is 2.32. The second kappa shape index (κ2) is 5.17. The summed E-state index contributed by atoms with van der Waals surface area (Å²) in [7, 11) is 3.49. The van der Waals surface area contributed by atoms with Gasteiger partial charge < -0.3 is 9.67 Å². The van der Waals surface area contributed by atoms with Crippen molar-refractivity contribution in [3.05, 3.63) is 24.6 Å². The lowest BCUT2D eigenvalue weighted by Gasteiger charge is -2.10. The van der Waals surface area contributed by atoms with Crippen LogP contribution in [0.4, 0.5) is 10.2 Å². The Morgan fingerprint density at radius 1 is 1.38 bits per heavy atom. The number of hydrogen-bond donors (Lipinski definition) is 1. The molecule has 0 unspecified atom stereocenters. The van der Waals surface area contributed by atoms with Crippen LogP contribution in [0.25, 0.3) is 11.2 Å². The predicted octanol–water partition coefficient (Wildman–Crippen LogP) is 1.55. The number of nitrogens with zero attached hydrogens (tertiary/aromatic N) is 7. The van der Waals surface area contributed by atoms with Gasteiger partial charge in [0.1, 0.15) is 18.3 Å². The summed E-state index contributed by atoms with van der Waals surface area (Å²) in [5, 5.41) is 18.9. The molecule has 0 aromatic carbocycles. The Balaban J connectivity index is 2.02. The van der Waals surface area contributed by atoms with Gasteiger partial charge in [-0.1, -0.05) is 5.22 Å². The zero-order valence-electron chi connectivity index (χ0n) is 11.5. The summed E-state index contributed by atoms with van der Waals surface area (Å²) in [6.45, 7) is 0. The number of aliphatic hydroxyl groups is 1. The van der Waals surface area contributed by atoms with Gasteiger partial charge in [-0.3, -0.25) is 5.01 Å². The SMILES string of the molecule is CN(C)/N=N/c1ncnc2c1ncn2[C@@H]1C=C(F)[C@@H](O)C1. The highest BCUT2D eigenvalue weighted by Gasteiger charge is 2.27. The molecule has 0 fully saturated rings. The largest absolute Gasteiger partial charge is 0.386 e. The van der Waals surface area contributed by atoms with E-state index in [0.29, 0.717) is 17.0 Å². The number of rotatable bonds is 3. The second-order valence-corrected chi connectivity index (χ2v) is 4.93. The van der Waals surface area contributed by atoms with Crippen LogP contribution < -0.4 is 0 Å². The standard InChI is InChI=1S/C12H14FN7O/c1-19(2)18-17-11-10-12(15-5-14-11)20(6-16-10)7-3-8(13)9(21)4-7/h3,5-7,9,21H,4H2,1-2H3/b18-17+/t7-,9+/m1/s1. The molecule has 0 radical (unpaired) electrons. The van der Waals surface area contributed by atoms with Crippen LogP contribution in [0.15, 0.2) is 34.9 Å². The van der Waals surface area contributed by atoms with Gasteiger partial charge >= 0.3 is 0 Å². The molecule has 9 heteroatoms. The molecule has 2 atom stereocenters. The van der Waals surface area contributed by atoms with Crippen molar-refractivity contribution in [3.63, 3.8) is 0 Å². The lowest BCUT2D eigenvalue weighted by atomic mass is 10.2. The van der Waals surface area contributed by atoms with Gasteiger partial charge in [0.15, 0.2) is 11.2 Å². The van der Waals surface area contributed by atoms with Gasteiger partial charge in [0, 0.05) is 20.5 Å². The summed E-state index contributed by atoms with van der Waals surface area (Å²) in [6, 6.07) is -0.321. The van der Waals surface area contributed by atoms with Crippen LogP contribution in [0.3, 0.4) is 0 Å². The fraction of sp³-hybridized carbons (Fsp3) is 0.417. The molecule has 3 rings (SSSR count). The molecule has 0 bridgehead atoms. The van der Waals surface area contributed by atoms with Gasteiger partial charge in [-0.25, -0.2) is 19.3 Å². The van der Waals surface area contributed by atoms with Gasteiger partial charge in [-0.05, 0) is 6.08 Å². The number of fused-ring (bicyclic) bond motifs is 1. The van der Waals surface area contributed by atoms with Crippen LogP contribution in [-0.2, 0) is 0 Å². The van der Waals surface area contributed by atoms with Crippen molar-refractivity contribution < 1.29 is 9.50 Å². The van der Waals surface area contributed by atoms with E-state index in [1.807, 2.05) is 0 Å². The quantitative estimate of drug-likeness (QED) is 0.684. The van der Waals surface area contributed by atoms with Crippen LogP contribution in [0.2, 0.25) is 0 Å². The Hall–Kier alpha value is -2.42. The highest BCUT2D eigenvalue weighted by molar-refractivity contribution is 5.80. The molecule has 0 saturated carbocycles. The van der Waals surface area contributed by atoms with Gasteiger partial charge in [-0.2, -0.15) is 0 Å². The third-order valence-electron chi connectivity index (χ3n) is 3.15. The minimum absolute atomic E-state index is 0.260. The van der Waals surface area contributed by atoms with Crippen molar-refractivity contribution in [2.45, 2.75) is 18.6 Å². The number of imidazole rings is 1. The first-order valence-electron chi connectivity index (χ1n) is 6.38. The van der Waals surface area contributed by atoms with Crippen LogP contribution in [-0.4, -0.2) is 49.8 Å². The minimum Gasteiger partial charge on any atom is -0.386 e. The molecular formula is C12H14FN7O. The molecule has 0 saturated heterocycles. The van der Waals surface area contributed by atoms with E-state index in [1.165, 1.54) is 17.4 Å². The molecule has 2 aromatic rings. The first-order chi connectivity index (χ1) is 10.1. The van der Waals surface area contributed by atoms with Crippen molar-refractivity contribution in [3.8, 4) is 0 Å². The molecule has 110 valence electrons. The summed E-state index contributed by atoms with van der Waals surface area (Å²) in [5.41, 5.74) is 1.01. The Labute approximate surface area is 119 Å². The molecule has 1 aliphatic carbocycles. The van der Waals surface area contributed by atoms with Crippen LogP contribution in [0, 0.1) is 0 Å². The second-order valence-electron chi connectivity index (χ2n) is 4.93. The van der Waals surface area contributed by atoms with Crippen LogP contribution in [0.1, 0.15) is 12.5 Å². The smallest absolute Gasteiger partial charge is 0.207 e. The maximum atomic E-state index is 13.4. The van der Waals surface area contributed by atoms with Crippen molar-refractivity contribution in [1.82, 2.24) is 24.5 Å². The van der Waals surface area contributed by atoms with Gasteiger partial charge in [-0.15, -0.1) is 5.11 Å². The molecule has 2 heterocycles. The lowest BCUT2D eigenvalue weighted by molar-refractivity contribution is 0.177. The summed E-state index contributed by atoms with van der Waals surface area (Å²) in [5.74, 6) is -0.182. The Kier molecular flexibility index (Phi) is 3.34.